The summed E-state index contributed by atoms with van der Waals surface area (Å²) in [7, 11) is 0. The molecule has 1 aliphatic rings. The standard InChI is InChI=1S/C15H17ClFNO3/c1-8(14(20)21-15(2,3)4)18-7-11-10(13(18)19)5-9(16)6-12(11)17/h5-6,8H,7H2,1-4H3. The van der Waals surface area contributed by atoms with Crippen LogP contribution in [0, 0.1) is 5.82 Å². The van der Waals surface area contributed by atoms with Crippen LogP contribution in [-0.2, 0) is 16.1 Å². The lowest BCUT2D eigenvalue weighted by Gasteiger charge is -2.27. The SMILES string of the molecule is CC(C(=O)OC(C)(C)C)N1Cc2c(F)cc(Cl)cc2C1=O. The summed E-state index contributed by atoms with van der Waals surface area (Å²) in [4.78, 5) is 25.7. The Balaban J connectivity index is 2.23. The molecule has 1 aromatic rings. The second-order valence-electron chi connectivity index (χ2n) is 6.06. The third-order valence-corrected chi connectivity index (χ3v) is 3.41. The van der Waals surface area contributed by atoms with Gasteiger partial charge in [-0.25, -0.2) is 9.18 Å². The average Bonchev–Trinajstić information content (AvgIpc) is 2.64. The maximum Gasteiger partial charge on any atom is 0.329 e. The van der Waals surface area contributed by atoms with Gasteiger partial charge in [-0.1, -0.05) is 11.6 Å². The largest absolute Gasteiger partial charge is 0.458 e. The van der Waals surface area contributed by atoms with E-state index in [-0.39, 0.29) is 22.7 Å². The Morgan fingerprint density at radius 3 is 2.62 bits per heavy atom. The van der Waals surface area contributed by atoms with Gasteiger partial charge in [0.05, 0.1) is 6.54 Å². The number of hydrogen-bond donors (Lipinski definition) is 0. The smallest absolute Gasteiger partial charge is 0.329 e. The van der Waals surface area contributed by atoms with Gasteiger partial charge in [0.2, 0.25) is 0 Å². The van der Waals surface area contributed by atoms with Crippen LogP contribution in [0.25, 0.3) is 0 Å². The molecule has 0 saturated carbocycles. The highest BCUT2D eigenvalue weighted by atomic mass is 35.5. The number of benzene rings is 1. The molecule has 21 heavy (non-hydrogen) atoms. The first kappa shape index (κ1) is 15.8. The maximum absolute atomic E-state index is 13.9. The number of halogens is 2. The highest BCUT2D eigenvalue weighted by molar-refractivity contribution is 6.31. The number of amides is 1. The minimum Gasteiger partial charge on any atom is -0.458 e. The van der Waals surface area contributed by atoms with Gasteiger partial charge in [-0.15, -0.1) is 0 Å². The van der Waals surface area contributed by atoms with Crippen molar-refractivity contribution in [3.8, 4) is 0 Å². The molecule has 0 saturated heterocycles. The topological polar surface area (TPSA) is 46.6 Å². The molecule has 0 radical (unpaired) electrons. The van der Waals surface area contributed by atoms with Crippen molar-refractivity contribution in [1.82, 2.24) is 4.90 Å². The Morgan fingerprint density at radius 1 is 1.43 bits per heavy atom. The quantitative estimate of drug-likeness (QED) is 0.788. The zero-order valence-corrected chi connectivity index (χ0v) is 13.1. The van der Waals surface area contributed by atoms with Gasteiger partial charge in [0.15, 0.2) is 0 Å². The summed E-state index contributed by atoms with van der Waals surface area (Å²) in [6.07, 6.45) is 0. The van der Waals surface area contributed by atoms with Crippen LogP contribution in [0.4, 0.5) is 4.39 Å². The van der Waals surface area contributed by atoms with Crippen molar-refractivity contribution in [3.05, 3.63) is 34.1 Å². The summed E-state index contributed by atoms with van der Waals surface area (Å²) in [5.74, 6) is -1.47. The number of esters is 1. The van der Waals surface area contributed by atoms with Crippen LogP contribution >= 0.6 is 11.6 Å². The van der Waals surface area contributed by atoms with Gasteiger partial charge in [0.1, 0.15) is 17.5 Å². The fraction of sp³-hybridized carbons (Fsp3) is 0.467. The molecule has 1 heterocycles. The van der Waals surface area contributed by atoms with Crippen LogP contribution in [-0.4, -0.2) is 28.4 Å². The van der Waals surface area contributed by atoms with Crippen molar-refractivity contribution < 1.29 is 18.7 Å². The molecule has 0 fully saturated rings. The van der Waals surface area contributed by atoms with Gasteiger partial charge in [0, 0.05) is 16.1 Å². The fourth-order valence-corrected chi connectivity index (χ4v) is 2.38. The van der Waals surface area contributed by atoms with E-state index in [1.54, 1.807) is 27.7 Å². The minimum atomic E-state index is -0.790. The molecule has 0 spiro atoms. The molecule has 6 heteroatoms. The molecule has 1 amide bonds. The van der Waals surface area contributed by atoms with Crippen LogP contribution in [0.3, 0.4) is 0 Å². The van der Waals surface area contributed by atoms with Gasteiger partial charge in [0.25, 0.3) is 5.91 Å². The molecule has 1 atom stereocenters. The molecule has 1 aliphatic heterocycles. The molecule has 0 aliphatic carbocycles. The zero-order valence-electron chi connectivity index (χ0n) is 12.4. The van der Waals surface area contributed by atoms with Crippen molar-refractivity contribution in [1.29, 1.82) is 0 Å². The van der Waals surface area contributed by atoms with E-state index in [9.17, 15) is 14.0 Å². The monoisotopic (exact) mass is 313 g/mol. The fourth-order valence-electron chi connectivity index (χ4n) is 2.18. The molecular formula is C15H17ClFNO3. The molecule has 114 valence electrons. The molecule has 0 bridgehead atoms. The Kier molecular flexibility index (Phi) is 3.97. The third-order valence-electron chi connectivity index (χ3n) is 3.20. The first-order valence-corrected chi connectivity index (χ1v) is 6.99. The van der Waals surface area contributed by atoms with Gasteiger partial charge < -0.3 is 9.64 Å². The normalized spacial score (nSPS) is 15.9. The van der Waals surface area contributed by atoms with Crippen LogP contribution < -0.4 is 0 Å². The van der Waals surface area contributed by atoms with E-state index in [0.717, 1.165) is 6.07 Å². The third kappa shape index (κ3) is 3.18. The lowest BCUT2D eigenvalue weighted by molar-refractivity contribution is -0.159. The minimum absolute atomic E-state index is 0.0393. The summed E-state index contributed by atoms with van der Waals surface area (Å²) in [5, 5.41) is 0.159. The number of ether oxygens (including phenoxy) is 1. The molecular weight excluding hydrogens is 297 g/mol. The molecule has 1 aromatic carbocycles. The van der Waals surface area contributed by atoms with Crippen molar-refractivity contribution in [2.24, 2.45) is 0 Å². The molecule has 2 rings (SSSR count). The Labute approximate surface area is 127 Å². The second-order valence-corrected chi connectivity index (χ2v) is 6.49. The van der Waals surface area contributed by atoms with Crippen molar-refractivity contribution in [2.75, 3.05) is 0 Å². The van der Waals surface area contributed by atoms with E-state index in [4.69, 9.17) is 16.3 Å². The van der Waals surface area contributed by atoms with Crippen molar-refractivity contribution in [3.63, 3.8) is 0 Å². The summed E-state index contributed by atoms with van der Waals surface area (Å²) in [6.45, 7) is 6.85. The van der Waals surface area contributed by atoms with Crippen LogP contribution in [0.5, 0.6) is 0 Å². The average molecular weight is 314 g/mol. The Morgan fingerprint density at radius 2 is 2.05 bits per heavy atom. The van der Waals surface area contributed by atoms with Crippen LogP contribution in [0.2, 0.25) is 5.02 Å². The molecule has 4 nitrogen and oxygen atoms in total. The van der Waals surface area contributed by atoms with Crippen molar-refractivity contribution >= 4 is 23.5 Å². The van der Waals surface area contributed by atoms with Crippen LogP contribution in [0.1, 0.15) is 43.6 Å². The van der Waals surface area contributed by atoms with Crippen molar-refractivity contribution in [2.45, 2.75) is 45.9 Å². The van der Waals surface area contributed by atoms with Crippen LogP contribution in [0.15, 0.2) is 12.1 Å². The summed E-state index contributed by atoms with van der Waals surface area (Å²) < 4.78 is 19.1. The first-order chi connectivity index (χ1) is 9.60. The maximum atomic E-state index is 13.9. The highest BCUT2D eigenvalue weighted by Gasteiger charge is 2.37. The second kappa shape index (κ2) is 5.30. The number of hydrogen-bond acceptors (Lipinski definition) is 3. The molecule has 0 aromatic heterocycles. The summed E-state index contributed by atoms with van der Waals surface area (Å²) >= 11 is 5.77. The van der Waals surface area contributed by atoms with Gasteiger partial charge in [-0.3, -0.25) is 4.79 Å². The number of carbonyl (C=O) groups excluding carboxylic acids is 2. The van der Waals surface area contributed by atoms with E-state index in [1.165, 1.54) is 11.0 Å². The van der Waals surface area contributed by atoms with E-state index in [0.29, 0.717) is 0 Å². The number of carbonyl (C=O) groups is 2. The van der Waals surface area contributed by atoms with Gasteiger partial charge in [-0.05, 0) is 39.8 Å². The predicted molar refractivity (Wildman–Crippen MR) is 76.6 cm³/mol. The molecule has 0 N–H and O–H groups in total. The number of fused-ring (bicyclic) bond motifs is 1. The Hall–Kier alpha value is -1.62. The van der Waals surface area contributed by atoms with E-state index in [2.05, 4.69) is 0 Å². The predicted octanol–water partition coefficient (Wildman–Crippen LogP) is 3.17. The van der Waals surface area contributed by atoms with Gasteiger partial charge in [-0.2, -0.15) is 0 Å². The van der Waals surface area contributed by atoms with Gasteiger partial charge >= 0.3 is 5.97 Å². The lowest BCUT2D eigenvalue weighted by atomic mass is 10.1. The lowest BCUT2D eigenvalue weighted by Crippen LogP contribution is -2.42. The van der Waals surface area contributed by atoms with E-state index < -0.39 is 29.3 Å². The van der Waals surface area contributed by atoms with E-state index in [1.807, 2.05) is 0 Å². The van der Waals surface area contributed by atoms with E-state index >= 15 is 0 Å². The zero-order chi connectivity index (χ0) is 15.9. The Bertz CT molecular complexity index is 610. The highest BCUT2D eigenvalue weighted by Crippen LogP contribution is 2.30. The number of nitrogens with zero attached hydrogens (tertiary/aromatic N) is 1. The summed E-state index contributed by atoms with van der Waals surface area (Å²) in [6, 6.07) is 1.79. The first-order valence-electron chi connectivity index (χ1n) is 6.62. The molecule has 1 unspecified atom stereocenters. The number of rotatable bonds is 2. The summed E-state index contributed by atoms with van der Waals surface area (Å²) in [5.41, 5.74) is -0.176.